The van der Waals surface area contributed by atoms with Gasteiger partial charge in [0.15, 0.2) is 11.6 Å². The van der Waals surface area contributed by atoms with Crippen LogP contribution in [0.3, 0.4) is 0 Å². The van der Waals surface area contributed by atoms with Crippen LogP contribution in [0.2, 0.25) is 0 Å². The Hall–Kier alpha value is -6.45. The minimum Gasteiger partial charge on any atom is -0.212 e. The molecule has 264 valence electrons. The van der Waals surface area contributed by atoms with E-state index in [4.69, 9.17) is 15.0 Å². The van der Waals surface area contributed by atoms with Crippen LogP contribution in [0.5, 0.6) is 0 Å². The molecule has 4 aliphatic rings. The number of hydrogen-bond acceptors (Lipinski definition) is 3. The van der Waals surface area contributed by atoms with Crippen molar-refractivity contribution in [2.45, 2.75) is 37.5 Å². The second-order valence-electron chi connectivity index (χ2n) is 15.5. The Balaban J connectivity index is 1.06. The van der Waals surface area contributed by atoms with Gasteiger partial charge in [-0.1, -0.05) is 190 Å². The van der Waals surface area contributed by atoms with Crippen LogP contribution in [0.25, 0.3) is 56.2 Å². The zero-order valence-electron chi connectivity index (χ0n) is 31.1. The summed E-state index contributed by atoms with van der Waals surface area (Å²) in [6.45, 7) is 4.69. The average Bonchev–Trinajstić information content (AvgIpc) is 3.49. The van der Waals surface area contributed by atoms with Crippen molar-refractivity contribution >= 4 is 0 Å². The summed E-state index contributed by atoms with van der Waals surface area (Å²) >= 11 is 0. The summed E-state index contributed by atoms with van der Waals surface area (Å²) in [4.78, 5) is 15.7. The zero-order chi connectivity index (χ0) is 36.9. The first-order chi connectivity index (χ1) is 27.0. The summed E-state index contributed by atoms with van der Waals surface area (Å²) < 4.78 is 0. The van der Waals surface area contributed by atoms with E-state index in [2.05, 4.69) is 190 Å². The standard InChI is InChI=1S/C52H41N3/c1-52(2)46-22-12-20-43(39-27-23-36(24-28-39)34-13-5-3-6-14-34)48(46)45-32-31-41(33-47(45)52)50-53-49(40-29-25-37(26-30-40)35-15-7-4-8-16-35)54-51(55-50)44-21-11-18-38-17-9-10-19-42(38)44/h3-13,15-34,42,44H,14H2,1-2H3. The highest BCUT2D eigenvalue weighted by molar-refractivity contribution is 5.93. The van der Waals surface area contributed by atoms with Crippen LogP contribution < -0.4 is 0 Å². The van der Waals surface area contributed by atoms with Crippen LogP contribution in [0, 0.1) is 5.92 Å². The van der Waals surface area contributed by atoms with Gasteiger partial charge >= 0.3 is 0 Å². The van der Waals surface area contributed by atoms with Crippen LogP contribution in [-0.2, 0) is 5.41 Å². The molecule has 0 radical (unpaired) electrons. The van der Waals surface area contributed by atoms with Crippen molar-refractivity contribution < 1.29 is 0 Å². The molecule has 1 heterocycles. The fraction of sp³-hybridized carbons (Fsp3) is 0.135. The van der Waals surface area contributed by atoms with E-state index in [1.54, 1.807) is 0 Å². The second kappa shape index (κ2) is 13.4. The van der Waals surface area contributed by atoms with Crippen LogP contribution in [0.15, 0.2) is 188 Å². The van der Waals surface area contributed by atoms with E-state index < -0.39 is 0 Å². The van der Waals surface area contributed by atoms with E-state index in [0.29, 0.717) is 17.6 Å². The fourth-order valence-corrected chi connectivity index (χ4v) is 8.87. The van der Waals surface area contributed by atoms with Gasteiger partial charge in [0, 0.05) is 34.3 Å². The summed E-state index contributed by atoms with van der Waals surface area (Å²) in [6, 6.07) is 41.9. The molecule has 0 N–H and O–H groups in total. The molecule has 3 unspecified atom stereocenters. The van der Waals surface area contributed by atoms with Gasteiger partial charge in [-0.3, -0.25) is 0 Å². The molecule has 0 bridgehead atoms. The molecule has 0 fully saturated rings. The molecule has 3 atom stereocenters. The van der Waals surface area contributed by atoms with E-state index in [0.717, 1.165) is 28.9 Å². The van der Waals surface area contributed by atoms with Gasteiger partial charge in [0.25, 0.3) is 0 Å². The van der Waals surface area contributed by atoms with Crippen molar-refractivity contribution in [3.05, 3.63) is 210 Å². The van der Waals surface area contributed by atoms with Crippen LogP contribution >= 0.6 is 0 Å². The molecule has 0 saturated heterocycles. The van der Waals surface area contributed by atoms with Crippen LogP contribution in [0.4, 0.5) is 0 Å². The van der Waals surface area contributed by atoms with E-state index >= 15 is 0 Å². The monoisotopic (exact) mass is 707 g/mol. The van der Waals surface area contributed by atoms with Crippen molar-refractivity contribution in [3.63, 3.8) is 0 Å². The lowest BCUT2D eigenvalue weighted by Crippen LogP contribution is -2.18. The van der Waals surface area contributed by atoms with Gasteiger partial charge in [0.05, 0.1) is 0 Å². The lowest BCUT2D eigenvalue weighted by atomic mass is 9.79. The molecule has 4 aliphatic carbocycles. The Morgan fingerprint density at radius 3 is 2.04 bits per heavy atom. The van der Waals surface area contributed by atoms with Crippen molar-refractivity contribution in [1.29, 1.82) is 0 Å². The van der Waals surface area contributed by atoms with E-state index in [-0.39, 0.29) is 17.3 Å². The predicted molar refractivity (Wildman–Crippen MR) is 227 cm³/mol. The minimum atomic E-state index is -0.202. The molecule has 0 spiro atoms. The second-order valence-corrected chi connectivity index (χ2v) is 15.5. The molecular weight excluding hydrogens is 667 g/mol. The Kier molecular flexibility index (Phi) is 8.10. The molecular formula is C52H41N3. The largest absolute Gasteiger partial charge is 0.212 e. The summed E-state index contributed by atoms with van der Waals surface area (Å²) in [6.07, 6.45) is 25.2. The van der Waals surface area contributed by atoms with Crippen molar-refractivity contribution in [1.82, 2.24) is 15.0 Å². The zero-order valence-corrected chi connectivity index (χ0v) is 31.1. The average molecular weight is 708 g/mol. The maximum absolute atomic E-state index is 5.28. The van der Waals surface area contributed by atoms with Crippen LogP contribution in [-0.4, -0.2) is 15.0 Å². The molecule has 6 aromatic rings. The summed E-state index contributed by atoms with van der Waals surface area (Å²) in [5.41, 5.74) is 14.5. The highest BCUT2D eigenvalue weighted by Crippen LogP contribution is 2.53. The summed E-state index contributed by atoms with van der Waals surface area (Å²) in [5, 5.41) is 0. The molecule has 10 rings (SSSR count). The van der Waals surface area contributed by atoms with Gasteiger partial charge in [0.2, 0.25) is 0 Å². The van der Waals surface area contributed by atoms with Crippen molar-refractivity contribution in [2.24, 2.45) is 5.92 Å². The Labute approximate surface area is 323 Å². The first-order valence-corrected chi connectivity index (χ1v) is 19.4. The maximum Gasteiger partial charge on any atom is 0.163 e. The maximum atomic E-state index is 5.28. The molecule has 0 saturated carbocycles. The predicted octanol–water partition coefficient (Wildman–Crippen LogP) is 12.8. The number of fused-ring (bicyclic) bond motifs is 4. The molecule has 0 amide bonds. The Morgan fingerprint density at radius 2 is 1.24 bits per heavy atom. The SMILES string of the molecule is CC1(C)c2cc(-c3nc(-c4ccc(-c5ccccc5)cc4)nc(C4C=CC=C5C=CC=CC54)n3)ccc2-c2c(-c3ccc(C4C=CC=CC4)cc3)cccc21. The molecule has 55 heavy (non-hydrogen) atoms. The molecule has 1 aromatic heterocycles. The number of hydrogen-bond donors (Lipinski definition) is 0. The van der Waals surface area contributed by atoms with E-state index in [9.17, 15) is 0 Å². The van der Waals surface area contributed by atoms with Gasteiger partial charge in [0.1, 0.15) is 5.82 Å². The number of rotatable bonds is 6. The van der Waals surface area contributed by atoms with Gasteiger partial charge < -0.3 is 0 Å². The van der Waals surface area contributed by atoms with Crippen molar-refractivity contribution in [2.75, 3.05) is 0 Å². The minimum absolute atomic E-state index is 0.0000354. The number of benzene rings is 5. The lowest BCUT2D eigenvalue weighted by Gasteiger charge is -2.27. The normalized spacial score (nSPS) is 19.8. The lowest BCUT2D eigenvalue weighted by molar-refractivity contribution is 0.629. The third-order valence-corrected chi connectivity index (χ3v) is 11.9. The molecule has 3 heteroatoms. The van der Waals surface area contributed by atoms with E-state index in [1.165, 1.54) is 50.1 Å². The summed E-state index contributed by atoms with van der Waals surface area (Å²) in [5.74, 6) is 2.78. The fourth-order valence-electron chi connectivity index (χ4n) is 8.87. The Morgan fingerprint density at radius 1 is 0.527 bits per heavy atom. The van der Waals surface area contributed by atoms with E-state index in [1.807, 2.05) is 6.07 Å². The number of allylic oxidation sites excluding steroid dienone is 12. The van der Waals surface area contributed by atoms with Gasteiger partial charge in [-0.15, -0.1) is 0 Å². The molecule has 3 nitrogen and oxygen atoms in total. The number of nitrogens with zero attached hydrogens (tertiary/aromatic N) is 3. The molecule has 5 aromatic carbocycles. The van der Waals surface area contributed by atoms with Crippen LogP contribution in [0.1, 0.15) is 54.6 Å². The highest BCUT2D eigenvalue weighted by atomic mass is 15.0. The van der Waals surface area contributed by atoms with Gasteiger partial charge in [-0.2, -0.15) is 0 Å². The smallest absolute Gasteiger partial charge is 0.163 e. The summed E-state index contributed by atoms with van der Waals surface area (Å²) in [7, 11) is 0. The molecule has 0 aliphatic heterocycles. The topological polar surface area (TPSA) is 38.7 Å². The van der Waals surface area contributed by atoms with Gasteiger partial charge in [-0.05, 0) is 68.1 Å². The quantitative estimate of drug-likeness (QED) is 0.173. The number of aromatic nitrogens is 3. The first kappa shape index (κ1) is 33.1. The van der Waals surface area contributed by atoms with Gasteiger partial charge in [-0.25, -0.2) is 15.0 Å². The third kappa shape index (κ3) is 5.88. The first-order valence-electron chi connectivity index (χ1n) is 19.4. The highest BCUT2D eigenvalue weighted by Gasteiger charge is 2.37. The Bertz CT molecular complexity index is 2630. The third-order valence-electron chi connectivity index (χ3n) is 11.9. The van der Waals surface area contributed by atoms with Crippen molar-refractivity contribution in [3.8, 4) is 56.2 Å².